The van der Waals surface area contributed by atoms with Crippen LogP contribution in [0.25, 0.3) is 10.9 Å². The van der Waals surface area contributed by atoms with Gasteiger partial charge in [-0.3, -0.25) is 14.6 Å². The van der Waals surface area contributed by atoms with Crippen LogP contribution in [0.15, 0.2) is 18.2 Å². The average Bonchev–Trinajstić information content (AvgIpc) is 3.04. The second kappa shape index (κ2) is 7.41. The number of aromatic amines is 1. The highest BCUT2D eigenvalue weighted by Gasteiger charge is 2.30. The summed E-state index contributed by atoms with van der Waals surface area (Å²) >= 11 is 0. The fourth-order valence-electron chi connectivity index (χ4n) is 4.92. The van der Waals surface area contributed by atoms with Crippen LogP contribution in [0.3, 0.4) is 0 Å². The lowest BCUT2D eigenvalue weighted by Crippen LogP contribution is -2.55. The molecular formula is C22H30N4O2. The van der Waals surface area contributed by atoms with Crippen LogP contribution in [-0.4, -0.2) is 78.0 Å². The van der Waals surface area contributed by atoms with E-state index in [4.69, 9.17) is 4.74 Å². The van der Waals surface area contributed by atoms with E-state index in [1.807, 2.05) is 6.07 Å². The van der Waals surface area contributed by atoms with Gasteiger partial charge in [0.1, 0.15) is 5.75 Å². The molecule has 6 heteroatoms. The van der Waals surface area contributed by atoms with E-state index in [9.17, 15) is 4.79 Å². The van der Waals surface area contributed by atoms with E-state index in [-0.39, 0.29) is 5.91 Å². The van der Waals surface area contributed by atoms with Crippen molar-refractivity contribution in [3.8, 4) is 5.75 Å². The number of nitrogens with zero attached hydrogens (tertiary/aromatic N) is 3. The topological polar surface area (TPSA) is 51.8 Å². The third-order valence-corrected chi connectivity index (χ3v) is 6.88. The first kappa shape index (κ1) is 18.0. The van der Waals surface area contributed by atoms with E-state index in [0.29, 0.717) is 6.54 Å². The quantitative estimate of drug-likeness (QED) is 0.881. The largest absolute Gasteiger partial charge is 0.497 e. The Morgan fingerprint density at radius 1 is 1.18 bits per heavy atom. The first-order valence-electron chi connectivity index (χ1n) is 10.6. The number of fused-ring (bicyclic) bond motifs is 3. The van der Waals surface area contributed by atoms with Gasteiger partial charge in [0, 0.05) is 61.9 Å². The van der Waals surface area contributed by atoms with Crippen molar-refractivity contribution in [3.05, 3.63) is 29.5 Å². The van der Waals surface area contributed by atoms with Crippen molar-refractivity contribution in [2.45, 2.75) is 38.3 Å². The Hall–Kier alpha value is -2.05. The third-order valence-electron chi connectivity index (χ3n) is 6.88. The molecule has 0 bridgehead atoms. The first-order chi connectivity index (χ1) is 13.7. The number of ether oxygens (including phenoxy) is 1. The van der Waals surface area contributed by atoms with Crippen LogP contribution in [0.4, 0.5) is 0 Å². The number of carbonyl (C=O) groups is 1. The summed E-state index contributed by atoms with van der Waals surface area (Å²) in [5, 5.41) is 1.26. The van der Waals surface area contributed by atoms with E-state index in [2.05, 4.69) is 31.8 Å². The van der Waals surface area contributed by atoms with Crippen molar-refractivity contribution < 1.29 is 9.53 Å². The lowest BCUT2D eigenvalue weighted by Gasteiger charge is -2.43. The van der Waals surface area contributed by atoms with Crippen molar-refractivity contribution in [1.29, 1.82) is 0 Å². The molecule has 0 unspecified atom stereocenters. The molecule has 1 saturated carbocycles. The van der Waals surface area contributed by atoms with Crippen LogP contribution in [0.2, 0.25) is 0 Å². The summed E-state index contributed by atoms with van der Waals surface area (Å²) in [6, 6.07) is 6.99. The molecule has 1 N–H and O–H groups in total. The number of benzene rings is 1. The zero-order chi connectivity index (χ0) is 19.1. The Morgan fingerprint density at radius 2 is 2.00 bits per heavy atom. The van der Waals surface area contributed by atoms with Gasteiger partial charge in [0.2, 0.25) is 5.91 Å². The monoisotopic (exact) mass is 382 g/mol. The van der Waals surface area contributed by atoms with Crippen LogP contribution in [0.5, 0.6) is 5.75 Å². The van der Waals surface area contributed by atoms with Gasteiger partial charge in [-0.25, -0.2) is 0 Å². The number of methoxy groups -OCH3 is 1. The van der Waals surface area contributed by atoms with Crippen LogP contribution in [-0.2, 0) is 17.8 Å². The maximum atomic E-state index is 12.8. The number of amides is 1. The molecule has 2 fully saturated rings. The molecule has 3 aliphatic rings. The number of rotatable bonds is 4. The van der Waals surface area contributed by atoms with Gasteiger partial charge in [-0.2, -0.15) is 0 Å². The van der Waals surface area contributed by atoms with Gasteiger partial charge < -0.3 is 14.6 Å². The molecular weight excluding hydrogens is 352 g/mol. The zero-order valence-corrected chi connectivity index (χ0v) is 16.7. The van der Waals surface area contributed by atoms with Crippen molar-refractivity contribution in [1.82, 2.24) is 19.7 Å². The highest BCUT2D eigenvalue weighted by atomic mass is 16.5. The van der Waals surface area contributed by atoms with Crippen molar-refractivity contribution in [3.63, 3.8) is 0 Å². The van der Waals surface area contributed by atoms with E-state index in [1.54, 1.807) is 7.11 Å². The van der Waals surface area contributed by atoms with Gasteiger partial charge in [-0.05, 0) is 43.0 Å². The van der Waals surface area contributed by atoms with E-state index in [1.165, 1.54) is 35.9 Å². The molecule has 6 nitrogen and oxygen atoms in total. The molecule has 5 rings (SSSR count). The number of carbonyl (C=O) groups excluding carboxylic acids is 1. The average molecular weight is 383 g/mol. The number of hydrogen-bond donors (Lipinski definition) is 1. The summed E-state index contributed by atoms with van der Waals surface area (Å²) in [5.74, 6) is 1.18. The summed E-state index contributed by atoms with van der Waals surface area (Å²) in [6.07, 6.45) is 5.05. The molecule has 0 radical (unpaired) electrons. The molecule has 1 amide bonds. The number of hydrogen-bond acceptors (Lipinski definition) is 4. The molecule has 1 aromatic heterocycles. The maximum absolute atomic E-state index is 12.8. The lowest BCUT2D eigenvalue weighted by atomic mass is 9.91. The Bertz CT molecular complexity index is 865. The summed E-state index contributed by atoms with van der Waals surface area (Å²) in [5.41, 5.74) is 3.79. The standard InChI is InChI=1S/C22H30N4O2/c1-28-17-5-6-20-19(13-17)18-7-8-24(14-21(18)23-20)15-22(27)26-11-9-25(10-12-26)16-3-2-4-16/h5-6,13,16,23H,2-4,7-12,14-15H2,1H3. The third kappa shape index (κ3) is 3.29. The second-order valence-corrected chi connectivity index (χ2v) is 8.46. The smallest absolute Gasteiger partial charge is 0.236 e. The minimum absolute atomic E-state index is 0.287. The van der Waals surface area contributed by atoms with Gasteiger partial charge in [0.25, 0.3) is 0 Å². The number of aromatic nitrogens is 1. The Morgan fingerprint density at radius 3 is 2.71 bits per heavy atom. The first-order valence-corrected chi connectivity index (χ1v) is 10.6. The minimum Gasteiger partial charge on any atom is -0.497 e. The molecule has 0 atom stereocenters. The fourth-order valence-corrected chi connectivity index (χ4v) is 4.92. The van der Waals surface area contributed by atoms with Crippen molar-refractivity contribution in [2.75, 3.05) is 46.4 Å². The normalized spacial score (nSPS) is 21.5. The Kier molecular flexibility index (Phi) is 4.77. The van der Waals surface area contributed by atoms with Gasteiger partial charge in [-0.15, -0.1) is 0 Å². The molecule has 28 heavy (non-hydrogen) atoms. The lowest BCUT2D eigenvalue weighted by molar-refractivity contribution is -0.135. The van der Waals surface area contributed by atoms with Crippen LogP contribution < -0.4 is 4.74 Å². The predicted molar refractivity (Wildman–Crippen MR) is 110 cm³/mol. The van der Waals surface area contributed by atoms with Crippen molar-refractivity contribution >= 4 is 16.8 Å². The molecule has 1 aromatic carbocycles. The molecule has 1 aliphatic carbocycles. The van der Waals surface area contributed by atoms with E-state index >= 15 is 0 Å². The number of nitrogens with one attached hydrogen (secondary N) is 1. The zero-order valence-electron chi connectivity index (χ0n) is 16.7. The SMILES string of the molecule is COc1ccc2[nH]c3c(c2c1)CCN(CC(=O)N1CCN(C2CCC2)CC1)C3. The van der Waals surface area contributed by atoms with Crippen LogP contribution in [0, 0.1) is 0 Å². The summed E-state index contributed by atoms with van der Waals surface area (Å²) in [4.78, 5) is 23.3. The summed E-state index contributed by atoms with van der Waals surface area (Å²) in [7, 11) is 1.71. The van der Waals surface area contributed by atoms with Gasteiger partial charge in [0.15, 0.2) is 0 Å². The molecule has 2 aromatic rings. The molecule has 1 saturated heterocycles. The molecule has 3 heterocycles. The molecule has 150 valence electrons. The Balaban J connectivity index is 1.20. The number of H-pyrrole nitrogens is 1. The minimum atomic E-state index is 0.287. The molecule has 2 aliphatic heterocycles. The van der Waals surface area contributed by atoms with Crippen LogP contribution >= 0.6 is 0 Å². The predicted octanol–water partition coefficient (Wildman–Crippen LogP) is 2.23. The van der Waals surface area contributed by atoms with Gasteiger partial charge in [0.05, 0.1) is 13.7 Å². The van der Waals surface area contributed by atoms with Gasteiger partial charge >= 0.3 is 0 Å². The highest BCUT2D eigenvalue weighted by molar-refractivity contribution is 5.86. The van der Waals surface area contributed by atoms with E-state index in [0.717, 1.165) is 63.0 Å². The van der Waals surface area contributed by atoms with Gasteiger partial charge in [-0.1, -0.05) is 6.42 Å². The number of piperazine rings is 1. The maximum Gasteiger partial charge on any atom is 0.236 e. The van der Waals surface area contributed by atoms with E-state index < -0.39 is 0 Å². The fraction of sp³-hybridized carbons (Fsp3) is 0.591. The summed E-state index contributed by atoms with van der Waals surface area (Å²) in [6.45, 7) is 6.16. The summed E-state index contributed by atoms with van der Waals surface area (Å²) < 4.78 is 5.38. The highest BCUT2D eigenvalue weighted by Crippen LogP contribution is 2.30. The Labute approximate surface area is 166 Å². The molecule has 0 spiro atoms. The second-order valence-electron chi connectivity index (χ2n) is 8.46. The van der Waals surface area contributed by atoms with Crippen molar-refractivity contribution in [2.24, 2.45) is 0 Å². The van der Waals surface area contributed by atoms with Crippen LogP contribution in [0.1, 0.15) is 30.5 Å².